The van der Waals surface area contributed by atoms with E-state index in [1.54, 1.807) is 0 Å². The molecule has 0 aromatic carbocycles. The average molecular weight is 284 g/mol. The molecule has 1 nitrogen and oxygen atoms in total. The Morgan fingerprint density at radius 1 is 0.500 bits per heavy atom. The van der Waals surface area contributed by atoms with Gasteiger partial charge in [-0.2, -0.15) is 0 Å². The predicted molar refractivity (Wildman–Crippen MR) is 90.2 cm³/mol. The van der Waals surface area contributed by atoms with E-state index in [9.17, 15) is 5.11 Å². The molecule has 0 heterocycles. The zero-order valence-electron chi connectivity index (χ0n) is 12.1. The fraction of sp³-hybridized carbons (Fsp3) is 0.0476. The Labute approximate surface area is 130 Å². The normalized spacial score (nSPS) is 11.4. The minimum Gasteiger partial charge on any atom is -0.384 e. The number of aliphatic hydroxyl groups excluding tert-OH is 1. The third kappa shape index (κ3) is 2.26. The van der Waals surface area contributed by atoms with Crippen molar-refractivity contribution < 1.29 is 5.11 Å². The van der Waals surface area contributed by atoms with Gasteiger partial charge in [-0.1, -0.05) is 60.7 Å². The van der Waals surface area contributed by atoms with Gasteiger partial charge >= 0.3 is 0 Å². The smallest absolute Gasteiger partial charge is 0.104 e. The van der Waals surface area contributed by atoms with Gasteiger partial charge in [0.1, 0.15) is 6.10 Å². The molecule has 4 aliphatic rings. The van der Waals surface area contributed by atoms with Crippen molar-refractivity contribution in [2.24, 2.45) is 0 Å². The maximum atomic E-state index is 10.7. The van der Waals surface area contributed by atoms with Gasteiger partial charge in [0.05, 0.1) is 0 Å². The highest BCUT2D eigenvalue weighted by molar-refractivity contribution is 5.71. The summed E-state index contributed by atoms with van der Waals surface area (Å²) in [6, 6.07) is 28.7. The molecule has 0 bridgehead atoms. The summed E-state index contributed by atoms with van der Waals surface area (Å²) in [5, 5.41) is 10.7. The Hall–Kier alpha value is -2.64. The van der Waals surface area contributed by atoms with Crippen molar-refractivity contribution in [3.8, 4) is 22.3 Å². The highest BCUT2D eigenvalue weighted by Crippen LogP contribution is 2.35. The Kier molecular flexibility index (Phi) is 3.14. The number of hydrogen-bond donors (Lipinski definition) is 1. The van der Waals surface area contributed by atoms with Crippen molar-refractivity contribution in [2.45, 2.75) is 6.10 Å². The standard InChI is InChI=1S/C21H16O/c22-21(19-11-15-7-3-1-4-8-16(15)12-19)20-13-17-9-5-2-6-10-18(17)14-20/h1-14,21-22H. The van der Waals surface area contributed by atoms with Crippen LogP contribution >= 0.6 is 0 Å². The molecule has 4 rings (SSSR count). The lowest BCUT2D eigenvalue weighted by atomic mass is 10.1. The third-order valence-electron chi connectivity index (χ3n) is 4.13. The van der Waals surface area contributed by atoms with E-state index in [2.05, 4.69) is 48.5 Å². The average Bonchev–Trinajstić information content (AvgIpc) is 2.97. The molecule has 4 aliphatic carbocycles. The minimum absolute atomic E-state index is 0.588. The summed E-state index contributed by atoms with van der Waals surface area (Å²) in [6.45, 7) is 0. The summed E-state index contributed by atoms with van der Waals surface area (Å²) in [5.74, 6) is 0. The molecule has 0 unspecified atom stereocenters. The van der Waals surface area contributed by atoms with Gasteiger partial charge in [-0.15, -0.1) is 0 Å². The van der Waals surface area contributed by atoms with Crippen molar-refractivity contribution in [1.29, 1.82) is 0 Å². The van der Waals surface area contributed by atoms with Gasteiger partial charge in [0.2, 0.25) is 0 Å². The van der Waals surface area contributed by atoms with E-state index in [0.29, 0.717) is 0 Å². The summed E-state index contributed by atoms with van der Waals surface area (Å²) in [5.41, 5.74) is 6.51. The fourth-order valence-corrected chi connectivity index (χ4v) is 2.99. The molecule has 0 amide bonds. The van der Waals surface area contributed by atoms with Crippen LogP contribution in [0, 0.1) is 0 Å². The first-order valence-electron chi connectivity index (χ1n) is 7.47. The van der Waals surface area contributed by atoms with Gasteiger partial charge in [0.25, 0.3) is 0 Å². The third-order valence-corrected chi connectivity index (χ3v) is 4.13. The first-order chi connectivity index (χ1) is 10.8. The highest BCUT2D eigenvalue weighted by atomic mass is 16.3. The molecule has 0 fully saturated rings. The van der Waals surface area contributed by atoms with Crippen LogP contribution in [0.3, 0.4) is 0 Å². The Bertz CT molecular complexity index is 731. The highest BCUT2D eigenvalue weighted by Gasteiger charge is 2.17. The van der Waals surface area contributed by atoms with Crippen LogP contribution < -0.4 is 0 Å². The lowest BCUT2D eigenvalue weighted by molar-refractivity contribution is 0.221. The topological polar surface area (TPSA) is 20.2 Å². The SMILES string of the molecule is OC(c1cc2cccccc-2c1)c1cc2cccccc-2c1. The molecular formula is C21H16O. The molecule has 0 spiro atoms. The quantitative estimate of drug-likeness (QED) is 0.550. The van der Waals surface area contributed by atoms with Crippen LogP contribution in [0.25, 0.3) is 22.3 Å². The lowest BCUT2D eigenvalue weighted by Crippen LogP contribution is -1.94. The van der Waals surface area contributed by atoms with Gasteiger partial charge in [-0.25, -0.2) is 0 Å². The molecule has 0 saturated heterocycles. The first kappa shape index (κ1) is 13.1. The Morgan fingerprint density at radius 2 is 0.818 bits per heavy atom. The van der Waals surface area contributed by atoms with E-state index in [4.69, 9.17) is 0 Å². The molecule has 1 N–H and O–H groups in total. The number of hydrogen-bond acceptors (Lipinski definition) is 1. The van der Waals surface area contributed by atoms with Crippen LogP contribution in [-0.4, -0.2) is 5.11 Å². The Morgan fingerprint density at radius 3 is 1.14 bits per heavy atom. The first-order valence-corrected chi connectivity index (χ1v) is 7.47. The molecule has 0 saturated carbocycles. The monoisotopic (exact) mass is 284 g/mol. The Balaban J connectivity index is 1.78. The van der Waals surface area contributed by atoms with Crippen LogP contribution in [0.2, 0.25) is 0 Å². The second kappa shape index (κ2) is 5.28. The second-order valence-electron chi connectivity index (χ2n) is 5.62. The van der Waals surface area contributed by atoms with Gasteiger partial charge < -0.3 is 5.11 Å². The minimum atomic E-state index is -0.588. The number of rotatable bonds is 2. The molecule has 106 valence electrons. The van der Waals surface area contributed by atoms with Gasteiger partial charge in [0, 0.05) is 0 Å². The van der Waals surface area contributed by atoms with Crippen molar-refractivity contribution in [2.75, 3.05) is 0 Å². The predicted octanol–water partition coefficient (Wildman–Crippen LogP) is 4.98. The fourth-order valence-electron chi connectivity index (χ4n) is 2.99. The largest absolute Gasteiger partial charge is 0.384 e. The van der Waals surface area contributed by atoms with Crippen LogP contribution in [-0.2, 0) is 0 Å². The van der Waals surface area contributed by atoms with Gasteiger partial charge in [-0.05, 0) is 57.6 Å². The van der Waals surface area contributed by atoms with Crippen LogP contribution in [0.4, 0.5) is 0 Å². The van der Waals surface area contributed by atoms with Crippen LogP contribution in [0.1, 0.15) is 17.2 Å². The van der Waals surface area contributed by atoms with Gasteiger partial charge in [0.15, 0.2) is 0 Å². The van der Waals surface area contributed by atoms with E-state index in [-0.39, 0.29) is 0 Å². The number of fused-ring (bicyclic) bond motifs is 2. The maximum Gasteiger partial charge on any atom is 0.104 e. The summed E-state index contributed by atoms with van der Waals surface area (Å²) >= 11 is 0. The molecule has 0 radical (unpaired) electrons. The lowest BCUT2D eigenvalue weighted by Gasteiger charge is -2.05. The van der Waals surface area contributed by atoms with Crippen molar-refractivity contribution in [1.82, 2.24) is 0 Å². The molecule has 22 heavy (non-hydrogen) atoms. The summed E-state index contributed by atoms with van der Waals surface area (Å²) in [6.07, 6.45) is -0.588. The van der Waals surface area contributed by atoms with Gasteiger partial charge in [-0.3, -0.25) is 0 Å². The van der Waals surface area contributed by atoms with E-state index >= 15 is 0 Å². The van der Waals surface area contributed by atoms with Crippen molar-refractivity contribution in [3.05, 3.63) is 96.1 Å². The van der Waals surface area contributed by atoms with E-state index in [0.717, 1.165) is 33.4 Å². The van der Waals surface area contributed by atoms with Crippen LogP contribution in [0.15, 0.2) is 84.9 Å². The molecule has 0 atom stereocenters. The molecule has 0 aromatic rings. The van der Waals surface area contributed by atoms with Crippen molar-refractivity contribution >= 4 is 0 Å². The zero-order chi connectivity index (χ0) is 14.9. The summed E-state index contributed by atoms with van der Waals surface area (Å²) in [7, 11) is 0. The maximum absolute atomic E-state index is 10.7. The summed E-state index contributed by atoms with van der Waals surface area (Å²) in [4.78, 5) is 0. The molecule has 0 aromatic heterocycles. The van der Waals surface area contributed by atoms with E-state index < -0.39 is 6.10 Å². The van der Waals surface area contributed by atoms with E-state index in [1.165, 1.54) is 0 Å². The molecule has 1 heteroatoms. The zero-order valence-corrected chi connectivity index (χ0v) is 12.1. The number of aliphatic hydroxyl groups is 1. The summed E-state index contributed by atoms with van der Waals surface area (Å²) < 4.78 is 0. The van der Waals surface area contributed by atoms with Crippen LogP contribution in [0.5, 0.6) is 0 Å². The second-order valence-corrected chi connectivity index (χ2v) is 5.62. The van der Waals surface area contributed by atoms with Crippen molar-refractivity contribution in [3.63, 3.8) is 0 Å². The molecular weight excluding hydrogens is 268 g/mol. The van der Waals surface area contributed by atoms with E-state index in [1.807, 2.05) is 36.4 Å². The molecule has 0 aliphatic heterocycles.